The second-order valence-corrected chi connectivity index (χ2v) is 11.8. The summed E-state index contributed by atoms with van der Waals surface area (Å²) in [4.78, 5) is 76.5. The lowest BCUT2D eigenvalue weighted by atomic mass is 9.91. The van der Waals surface area contributed by atoms with Crippen molar-refractivity contribution >= 4 is 35.6 Å². The standard InChI is InChI=1S/C30H45N7O9/c1-16(2)24(39)23(35-22(38)15-46-4)29(44)37-21(11-8-12-32-37)28(43)33-19(13-18-9-6-5-7-10-18)25(40)17(3)26(41)34-20-14-31-30(45)36-27(20)42/h5-7,9-10,16-17,19-21,23-25,32,39-40H,8,11-15H2,1-4H3,(H,33,43)(H,34,41)(H,35,38)(H2,31,36,42,45)/t17-,19-,20-,21-,23+,24+,25-/m0/s1. The summed E-state index contributed by atoms with van der Waals surface area (Å²) >= 11 is 0. The molecule has 46 heavy (non-hydrogen) atoms. The Balaban J connectivity index is 1.81. The number of carbonyl (C=O) groups excluding carboxylic acids is 6. The van der Waals surface area contributed by atoms with Crippen molar-refractivity contribution in [3.63, 3.8) is 0 Å². The highest BCUT2D eigenvalue weighted by molar-refractivity contribution is 6.01. The molecule has 0 aliphatic carbocycles. The van der Waals surface area contributed by atoms with Crippen LogP contribution in [0.1, 0.15) is 39.2 Å². The second-order valence-electron chi connectivity index (χ2n) is 11.8. The van der Waals surface area contributed by atoms with E-state index in [1.807, 2.05) is 6.07 Å². The van der Waals surface area contributed by atoms with Gasteiger partial charge in [0.1, 0.15) is 24.7 Å². The van der Waals surface area contributed by atoms with E-state index in [9.17, 15) is 39.0 Å². The lowest BCUT2D eigenvalue weighted by molar-refractivity contribution is -0.153. The number of benzene rings is 1. The van der Waals surface area contributed by atoms with Crippen molar-refractivity contribution in [2.75, 3.05) is 26.8 Å². The van der Waals surface area contributed by atoms with Crippen LogP contribution in [0.5, 0.6) is 0 Å². The maximum Gasteiger partial charge on any atom is 0.321 e. The maximum atomic E-state index is 13.8. The van der Waals surface area contributed by atoms with Crippen LogP contribution in [0.2, 0.25) is 0 Å². The predicted octanol–water partition coefficient (Wildman–Crippen LogP) is -2.32. The second kappa shape index (κ2) is 17.0. The molecule has 8 N–H and O–H groups in total. The SMILES string of the molecule is COCC(=O)N[C@@H](C(=O)N1NCCC[C@H]1C(=O)N[C@@H](Cc1ccccc1)[C@@H](O)[C@H](C)C(=O)N[C@H]1CNC(=O)NC1=O)[C@H](O)C(C)C. The molecule has 0 saturated carbocycles. The fraction of sp³-hybridized carbons (Fsp3) is 0.600. The average Bonchev–Trinajstić information content (AvgIpc) is 3.03. The van der Waals surface area contributed by atoms with E-state index in [4.69, 9.17) is 4.74 Å². The normalized spacial score (nSPS) is 21.6. The van der Waals surface area contributed by atoms with E-state index < -0.39 is 83.8 Å². The third kappa shape index (κ3) is 9.69. The minimum Gasteiger partial charge on any atom is -0.390 e. The molecule has 16 nitrogen and oxygen atoms in total. The number of methoxy groups -OCH3 is 1. The molecule has 0 aromatic heterocycles. The molecule has 2 aliphatic heterocycles. The Bertz CT molecular complexity index is 1250. The number of hydrogen-bond acceptors (Lipinski definition) is 10. The number of rotatable bonds is 14. The zero-order valence-corrected chi connectivity index (χ0v) is 26.4. The fourth-order valence-corrected chi connectivity index (χ4v) is 5.25. The summed E-state index contributed by atoms with van der Waals surface area (Å²) in [5, 5.41) is 35.6. The first-order chi connectivity index (χ1) is 21.8. The van der Waals surface area contributed by atoms with Gasteiger partial charge in [-0.25, -0.2) is 10.2 Å². The monoisotopic (exact) mass is 647 g/mol. The number of ether oxygens (including phenoxy) is 1. The Hall–Kier alpha value is -4.12. The maximum absolute atomic E-state index is 13.8. The minimum atomic E-state index is -1.44. The van der Waals surface area contributed by atoms with E-state index in [2.05, 4.69) is 32.0 Å². The first-order valence-corrected chi connectivity index (χ1v) is 15.3. The molecule has 2 aliphatic rings. The number of carbonyl (C=O) groups is 6. The number of urea groups is 1. The van der Waals surface area contributed by atoms with Crippen LogP contribution in [0.15, 0.2) is 30.3 Å². The van der Waals surface area contributed by atoms with Crippen LogP contribution in [0, 0.1) is 11.8 Å². The molecule has 7 atom stereocenters. The van der Waals surface area contributed by atoms with Gasteiger partial charge in [-0.2, -0.15) is 0 Å². The third-order valence-corrected chi connectivity index (χ3v) is 7.97. The minimum absolute atomic E-state index is 0.125. The Morgan fingerprint density at radius 2 is 1.74 bits per heavy atom. The topological polar surface area (TPSA) is 228 Å². The van der Waals surface area contributed by atoms with Crippen molar-refractivity contribution in [3.05, 3.63) is 35.9 Å². The predicted molar refractivity (Wildman–Crippen MR) is 163 cm³/mol. The molecule has 2 fully saturated rings. The quantitative estimate of drug-likeness (QED) is 0.108. The van der Waals surface area contributed by atoms with Crippen LogP contribution in [0.3, 0.4) is 0 Å². The zero-order valence-electron chi connectivity index (χ0n) is 26.4. The summed E-state index contributed by atoms with van der Waals surface area (Å²) in [7, 11) is 1.32. The Morgan fingerprint density at radius 3 is 2.37 bits per heavy atom. The van der Waals surface area contributed by atoms with Crippen molar-refractivity contribution in [1.82, 2.24) is 37.0 Å². The molecule has 0 unspecified atom stereocenters. The highest BCUT2D eigenvalue weighted by Gasteiger charge is 2.42. The van der Waals surface area contributed by atoms with E-state index in [1.54, 1.807) is 38.1 Å². The van der Waals surface area contributed by atoms with E-state index in [0.717, 1.165) is 10.6 Å². The summed E-state index contributed by atoms with van der Waals surface area (Å²) < 4.78 is 4.85. The molecule has 0 bridgehead atoms. The van der Waals surface area contributed by atoms with Crippen molar-refractivity contribution < 1.29 is 43.7 Å². The number of aliphatic hydroxyl groups is 2. The van der Waals surface area contributed by atoms with Crippen molar-refractivity contribution in [2.24, 2.45) is 11.8 Å². The number of aliphatic hydroxyl groups excluding tert-OH is 2. The number of imide groups is 1. The molecule has 1 aromatic carbocycles. The summed E-state index contributed by atoms with van der Waals surface area (Å²) in [5.74, 6) is -4.86. The molecular weight excluding hydrogens is 602 g/mol. The van der Waals surface area contributed by atoms with Crippen LogP contribution in [0.4, 0.5) is 4.79 Å². The van der Waals surface area contributed by atoms with Gasteiger partial charge < -0.3 is 36.2 Å². The van der Waals surface area contributed by atoms with Crippen LogP contribution in [-0.4, -0.2) is 114 Å². The van der Waals surface area contributed by atoms with E-state index in [0.29, 0.717) is 13.0 Å². The molecule has 3 rings (SSSR count). The van der Waals surface area contributed by atoms with Crippen LogP contribution in [0.25, 0.3) is 0 Å². The van der Waals surface area contributed by atoms with Crippen LogP contribution >= 0.6 is 0 Å². The highest BCUT2D eigenvalue weighted by atomic mass is 16.5. The summed E-state index contributed by atoms with van der Waals surface area (Å²) in [5.41, 5.74) is 3.66. The number of amides is 7. The summed E-state index contributed by atoms with van der Waals surface area (Å²) in [6, 6.07) is 3.79. The average molecular weight is 648 g/mol. The first kappa shape index (κ1) is 36.3. The molecular formula is C30H45N7O9. The number of nitrogens with one attached hydrogen (secondary N) is 6. The summed E-state index contributed by atoms with van der Waals surface area (Å²) in [6.07, 6.45) is -1.81. The van der Waals surface area contributed by atoms with Gasteiger partial charge in [-0.3, -0.25) is 34.3 Å². The Labute approximate surface area is 267 Å². The smallest absolute Gasteiger partial charge is 0.321 e. The lowest BCUT2D eigenvalue weighted by Gasteiger charge is -2.39. The Morgan fingerprint density at radius 1 is 1.04 bits per heavy atom. The van der Waals surface area contributed by atoms with E-state index in [1.165, 1.54) is 14.0 Å². The van der Waals surface area contributed by atoms with Gasteiger partial charge in [-0.1, -0.05) is 51.1 Å². The fourth-order valence-electron chi connectivity index (χ4n) is 5.25. The molecule has 2 saturated heterocycles. The van der Waals surface area contributed by atoms with Crippen molar-refractivity contribution in [2.45, 2.75) is 76.4 Å². The molecule has 1 aromatic rings. The van der Waals surface area contributed by atoms with Gasteiger partial charge in [0.05, 0.1) is 24.2 Å². The molecule has 7 amide bonds. The van der Waals surface area contributed by atoms with E-state index in [-0.39, 0.29) is 26.0 Å². The van der Waals surface area contributed by atoms with Gasteiger partial charge in [0.25, 0.3) is 11.8 Å². The van der Waals surface area contributed by atoms with Gasteiger partial charge in [-0.15, -0.1) is 0 Å². The summed E-state index contributed by atoms with van der Waals surface area (Å²) in [6.45, 7) is 4.71. The van der Waals surface area contributed by atoms with Gasteiger partial charge in [-0.05, 0) is 30.7 Å². The van der Waals surface area contributed by atoms with Crippen molar-refractivity contribution in [3.8, 4) is 0 Å². The zero-order chi connectivity index (χ0) is 34.0. The molecule has 0 radical (unpaired) electrons. The third-order valence-electron chi connectivity index (χ3n) is 7.97. The largest absolute Gasteiger partial charge is 0.390 e. The van der Waals surface area contributed by atoms with Gasteiger partial charge in [0.15, 0.2) is 0 Å². The highest BCUT2D eigenvalue weighted by Crippen LogP contribution is 2.19. The molecule has 0 spiro atoms. The molecule has 2 heterocycles. The van der Waals surface area contributed by atoms with Crippen LogP contribution < -0.4 is 32.0 Å². The van der Waals surface area contributed by atoms with Crippen molar-refractivity contribution in [1.29, 1.82) is 0 Å². The van der Waals surface area contributed by atoms with Crippen LogP contribution in [-0.2, 0) is 35.1 Å². The number of nitrogens with zero attached hydrogens (tertiary/aromatic N) is 1. The molecule has 254 valence electrons. The first-order valence-electron chi connectivity index (χ1n) is 15.3. The molecule has 16 heteroatoms. The number of hydrazine groups is 1. The number of hydrogen-bond donors (Lipinski definition) is 8. The lowest BCUT2D eigenvalue weighted by Crippen LogP contribution is -2.66. The van der Waals surface area contributed by atoms with Gasteiger partial charge in [0, 0.05) is 20.2 Å². The Kier molecular flexibility index (Phi) is 13.4. The van der Waals surface area contributed by atoms with Gasteiger partial charge in [0.2, 0.25) is 17.7 Å². The van der Waals surface area contributed by atoms with Gasteiger partial charge >= 0.3 is 6.03 Å². The van der Waals surface area contributed by atoms with E-state index >= 15 is 0 Å².